The van der Waals surface area contributed by atoms with Crippen LogP contribution < -0.4 is 9.64 Å². The summed E-state index contributed by atoms with van der Waals surface area (Å²) in [5.74, 6) is -2.94. The fourth-order valence-corrected chi connectivity index (χ4v) is 5.65. The minimum Gasteiger partial charge on any atom is -0.507 e. The molecule has 1 unspecified atom stereocenters. The van der Waals surface area contributed by atoms with Crippen molar-refractivity contribution < 1.29 is 33.4 Å². The molecule has 1 fully saturated rings. The van der Waals surface area contributed by atoms with Gasteiger partial charge in [0.15, 0.2) is 5.13 Å². The van der Waals surface area contributed by atoms with Crippen molar-refractivity contribution in [3.05, 3.63) is 130 Å². The van der Waals surface area contributed by atoms with Gasteiger partial charge >= 0.3 is 11.9 Å². The lowest BCUT2D eigenvalue weighted by Gasteiger charge is -2.23. The molecule has 1 aliphatic heterocycles. The summed E-state index contributed by atoms with van der Waals surface area (Å²) in [6.45, 7) is 7.44. The lowest BCUT2D eigenvalue weighted by atomic mass is 9.95. The van der Waals surface area contributed by atoms with E-state index in [2.05, 4.69) is 11.6 Å². The van der Waals surface area contributed by atoms with Crippen LogP contribution in [0, 0.1) is 19.7 Å². The van der Waals surface area contributed by atoms with Gasteiger partial charge in [-0.05, 0) is 66.9 Å². The second-order valence-corrected chi connectivity index (χ2v) is 10.7. The Balaban J connectivity index is 1.52. The molecule has 0 radical (unpaired) electrons. The summed E-state index contributed by atoms with van der Waals surface area (Å²) in [4.78, 5) is 45.1. The van der Waals surface area contributed by atoms with Gasteiger partial charge in [0.05, 0.1) is 17.3 Å². The van der Waals surface area contributed by atoms with E-state index in [-0.39, 0.29) is 27.8 Å². The van der Waals surface area contributed by atoms with Gasteiger partial charge in [0.2, 0.25) is 0 Å². The van der Waals surface area contributed by atoms with Gasteiger partial charge in [-0.3, -0.25) is 14.5 Å². The SMILES string of the molecule is C=CCOC(=O)c1sc(N2C(=O)C(=O)/C(=C(/O)c3ccc(OCc4ccccc4C)cc3)C2c2ccc(F)cc2)nc1C. The van der Waals surface area contributed by atoms with Gasteiger partial charge in [0.25, 0.3) is 5.78 Å². The quantitative estimate of drug-likeness (QED) is 0.0776. The normalized spacial score (nSPS) is 15.9. The number of hydrogen-bond acceptors (Lipinski definition) is 8. The second-order valence-electron chi connectivity index (χ2n) is 9.76. The molecule has 1 N–H and O–H groups in total. The first kappa shape index (κ1) is 29.4. The molecule has 0 aliphatic carbocycles. The highest BCUT2D eigenvalue weighted by atomic mass is 32.1. The highest BCUT2D eigenvalue weighted by Crippen LogP contribution is 2.44. The Labute approximate surface area is 251 Å². The molecule has 1 saturated heterocycles. The van der Waals surface area contributed by atoms with Crippen LogP contribution in [0.3, 0.4) is 0 Å². The van der Waals surface area contributed by atoms with E-state index >= 15 is 0 Å². The van der Waals surface area contributed by atoms with E-state index in [9.17, 15) is 23.9 Å². The van der Waals surface area contributed by atoms with Crippen molar-refractivity contribution in [1.82, 2.24) is 4.98 Å². The van der Waals surface area contributed by atoms with Gasteiger partial charge < -0.3 is 14.6 Å². The van der Waals surface area contributed by atoms with E-state index in [4.69, 9.17) is 9.47 Å². The second kappa shape index (κ2) is 12.4. The van der Waals surface area contributed by atoms with Crippen LogP contribution in [0.4, 0.5) is 9.52 Å². The number of Topliss-reactive ketones (excluding diaryl/α,β-unsaturated/α-hetero) is 1. The summed E-state index contributed by atoms with van der Waals surface area (Å²) in [6.07, 6.45) is 1.42. The van der Waals surface area contributed by atoms with E-state index in [0.717, 1.165) is 27.4 Å². The van der Waals surface area contributed by atoms with Crippen molar-refractivity contribution in [2.45, 2.75) is 26.5 Å². The van der Waals surface area contributed by atoms with Crippen LogP contribution >= 0.6 is 11.3 Å². The summed E-state index contributed by atoms with van der Waals surface area (Å²) in [7, 11) is 0. The number of aliphatic hydroxyl groups is 1. The molecule has 1 aromatic heterocycles. The van der Waals surface area contributed by atoms with Crippen molar-refractivity contribution >= 4 is 39.9 Å². The van der Waals surface area contributed by atoms with Crippen LogP contribution in [-0.2, 0) is 20.9 Å². The standard InChI is InChI=1S/C33H27FN2O6S/c1-4-17-41-32(40)30-20(3)35-33(43-30)36-27(21-9-13-24(34)14-10-21)26(29(38)31(36)39)28(37)22-11-15-25(16-12-22)42-18-23-8-6-5-7-19(23)2/h4-16,27,37H,1,17-18H2,2-3H3/b28-26+. The topological polar surface area (TPSA) is 106 Å². The first-order valence-electron chi connectivity index (χ1n) is 13.3. The Kier molecular flexibility index (Phi) is 8.49. The molecule has 43 heavy (non-hydrogen) atoms. The zero-order valence-electron chi connectivity index (χ0n) is 23.4. The van der Waals surface area contributed by atoms with Crippen LogP contribution in [0.1, 0.15) is 43.7 Å². The van der Waals surface area contributed by atoms with Crippen molar-refractivity contribution in [2.75, 3.05) is 11.5 Å². The van der Waals surface area contributed by atoms with E-state index in [0.29, 0.717) is 23.6 Å². The Morgan fingerprint density at radius 1 is 1.07 bits per heavy atom. The Morgan fingerprint density at radius 3 is 2.44 bits per heavy atom. The molecule has 3 aromatic carbocycles. The molecule has 4 aromatic rings. The maximum atomic E-state index is 13.9. The smallest absolute Gasteiger partial charge is 0.350 e. The Hall–Kier alpha value is -5.09. The predicted molar refractivity (Wildman–Crippen MR) is 160 cm³/mol. The number of rotatable bonds is 9. The summed E-state index contributed by atoms with van der Waals surface area (Å²) in [5, 5.41) is 11.5. The van der Waals surface area contributed by atoms with Gasteiger partial charge in [-0.2, -0.15) is 0 Å². The molecule has 2 heterocycles. The van der Waals surface area contributed by atoms with Gasteiger partial charge in [-0.1, -0.05) is 60.4 Å². The van der Waals surface area contributed by atoms with Crippen LogP contribution in [-0.4, -0.2) is 34.4 Å². The number of carbonyl (C=O) groups excluding carboxylic acids is 3. The summed E-state index contributed by atoms with van der Waals surface area (Å²) in [5.41, 5.74) is 2.87. The zero-order valence-corrected chi connectivity index (χ0v) is 24.2. The zero-order chi connectivity index (χ0) is 30.7. The highest BCUT2D eigenvalue weighted by Gasteiger charge is 2.48. The number of amides is 1. The van der Waals surface area contributed by atoms with Crippen molar-refractivity contribution in [2.24, 2.45) is 0 Å². The minimum absolute atomic E-state index is 0.0126. The molecule has 1 aliphatic rings. The number of aryl methyl sites for hydroxylation is 2. The molecular weight excluding hydrogens is 571 g/mol. The summed E-state index contributed by atoms with van der Waals surface area (Å²) in [6, 6.07) is 18.4. The maximum absolute atomic E-state index is 13.9. The molecule has 218 valence electrons. The van der Waals surface area contributed by atoms with Crippen molar-refractivity contribution in [3.8, 4) is 5.75 Å². The van der Waals surface area contributed by atoms with Crippen LogP contribution in [0.15, 0.2) is 91.0 Å². The third-order valence-corrected chi connectivity index (χ3v) is 8.06. The fraction of sp³-hybridized carbons (Fsp3) is 0.152. The number of aromatic nitrogens is 1. The molecule has 10 heteroatoms. The molecule has 1 amide bonds. The van der Waals surface area contributed by atoms with E-state index in [1.54, 1.807) is 31.2 Å². The minimum atomic E-state index is -1.14. The average Bonchev–Trinajstić information content (AvgIpc) is 3.52. The fourth-order valence-electron chi connectivity index (χ4n) is 4.66. The predicted octanol–water partition coefficient (Wildman–Crippen LogP) is 6.45. The Morgan fingerprint density at radius 2 is 1.77 bits per heavy atom. The van der Waals surface area contributed by atoms with E-state index in [1.165, 1.54) is 30.3 Å². The lowest BCUT2D eigenvalue weighted by Crippen LogP contribution is -2.29. The third kappa shape index (κ3) is 5.96. The molecule has 8 nitrogen and oxygen atoms in total. The largest absolute Gasteiger partial charge is 0.507 e. The number of anilines is 1. The number of hydrogen-bond donors (Lipinski definition) is 1. The maximum Gasteiger partial charge on any atom is 0.350 e. The van der Waals surface area contributed by atoms with E-state index in [1.807, 2.05) is 31.2 Å². The van der Waals surface area contributed by atoms with Gasteiger partial charge in [0.1, 0.15) is 35.4 Å². The number of thiazole rings is 1. The number of esters is 1. The summed E-state index contributed by atoms with van der Waals surface area (Å²) >= 11 is 0.877. The van der Waals surface area contributed by atoms with Crippen molar-refractivity contribution in [3.63, 3.8) is 0 Å². The molecule has 1 atom stereocenters. The third-order valence-electron chi connectivity index (χ3n) is 6.92. The molecule has 5 rings (SSSR count). The van der Waals surface area contributed by atoms with Crippen LogP contribution in [0.5, 0.6) is 5.75 Å². The van der Waals surface area contributed by atoms with Gasteiger partial charge in [-0.15, -0.1) is 0 Å². The number of ether oxygens (including phenoxy) is 2. The van der Waals surface area contributed by atoms with E-state index < -0.39 is 35.3 Å². The highest BCUT2D eigenvalue weighted by molar-refractivity contribution is 7.17. The number of nitrogens with zero attached hydrogens (tertiary/aromatic N) is 2. The van der Waals surface area contributed by atoms with Gasteiger partial charge in [0, 0.05) is 5.56 Å². The average molecular weight is 599 g/mol. The molecule has 0 saturated carbocycles. The number of benzene rings is 3. The van der Waals surface area contributed by atoms with Crippen molar-refractivity contribution in [1.29, 1.82) is 0 Å². The van der Waals surface area contributed by atoms with Crippen LogP contribution in [0.25, 0.3) is 5.76 Å². The first-order chi connectivity index (χ1) is 20.7. The van der Waals surface area contributed by atoms with Gasteiger partial charge in [-0.25, -0.2) is 14.2 Å². The molecular formula is C33H27FN2O6S. The number of ketones is 1. The Bertz CT molecular complexity index is 1740. The molecule has 0 spiro atoms. The number of halogens is 1. The number of carbonyl (C=O) groups is 3. The first-order valence-corrected chi connectivity index (χ1v) is 14.1. The monoisotopic (exact) mass is 598 g/mol. The van der Waals surface area contributed by atoms with Crippen LogP contribution in [0.2, 0.25) is 0 Å². The lowest BCUT2D eigenvalue weighted by molar-refractivity contribution is -0.132. The number of aliphatic hydroxyl groups excluding tert-OH is 1. The summed E-state index contributed by atoms with van der Waals surface area (Å²) < 4.78 is 24.9. The molecule has 0 bridgehead atoms.